The molecule has 10 heavy (non-hydrogen) atoms. The molecule has 0 aliphatic carbocycles. The number of nitrogens with two attached hydrogens (primary N) is 1. The molecule has 0 saturated heterocycles. The Kier molecular flexibility index (Phi) is 2.39. The molecule has 0 unspecified atom stereocenters. The Morgan fingerprint density at radius 1 is 1.20 bits per heavy atom. The number of halogens is 1. The van der Waals surface area contributed by atoms with Crippen LogP contribution in [0.5, 0.6) is 0 Å². The quantitative estimate of drug-likeness (QED) is 0.389. The van der Waals surface area contributed by atoms with E-state index < -0.39 is 0 Å². The standard InChI is InChI=1S/C7H6N2.HI/c1-2-4-7-6(3-1)8-5-9-7;/h1-5H,(H,8,9);1H. The second-order valence-corrected chi connectivity index (χ2v) is 2.00. The first-order chi connectivity index (χ1) is 4.47. The van der Waals surface area contributed by atoms with Gasteiger partial charge in [-0.05, 0) is 6.07 Å². The molecule has 0 amide bonds. The van der Waals surface area contributed by atoms with E-state index in [0.717, 1.165) is 5.69 Å². The largest absolute Gasteiger partial charge is 1.00 e. The highest BCUT2D eigenvalue weighted by molar-refractivity contribution is 5.70. The fourth-order valence-electron chi connectivity index (χ4n) is 0.944. The average molecular weight is 246 g/mol. The van der Waals surface area contributed by atoms with Gasteiger partial charge in [-0.25, -0.2) is 0 Å². The van der Waals surface area contributed by atoms with Crippen LogP contribution in [0.3, 0.4) is 0 Å². The van der Waals surface area contributed by atoms with Crippen molar-refractivity contribution in [3.63, 3.8) is 0 Å². The van der Waals surface area contributed by atoms with Crippen molar-refractivity contribution in [2.75, 3.05) is 0 Å². The third kappa shape index (κ3) is 1.19. The predicted molar refractivity (Wildman–Crippen MR) is 36.2 cm³/mol. The molecule has 0 aromatic heterocycles. The van der Waals surface area contributed by atoms with Crippen LogP contribution < -0.4 is 29.3 Å². The topological polar surface area (TPSA) is 29.0 Å². The Balaban J connectivity index is 0.000000500. The minimum Gasteiger partial charge on any atom is -1.00 e. The summed E-state index contributed by atoms with van der Waals surface area (Å²) >= 11 is 0. The van der Waals surface area contributed by atoms with Crippen molar-refractivity contribution in [2.45, 2.75) is 0 Å². The van der Waals surface area contributed by atoms with Crippen LogP contribution in [0.4, 0.5) is 11.4 Å². The van der Waals surface area contributed by atoms with Gasteiger partial charge >= 0.3 is 0 Å². The van der Waals surface area contributed by atoms with Gasteiger partial charge in [0.2, 0.25) is 0 Å². The molecule has 1 aliphatic rings. The van der Waals surface area contributed by atoms with E-state index in [9.17, 15) is 0 Å². The summed E-state index contributed by atoms with van der Waals surface area (Å²) in [6, 6.07) is 8.08. The molecule has 0 fully saturated rings. The smallest absolute Gasteiger partial charge is 0.192 e. The normalized spacial score (nSPS) is 12.4. The van der Waals surface area contributed by atoms with E-state index in [1.165, 1.54) is 5.69 Å². The Bertz CT molecular complexity index is 258. The third-order valence-corrected chi connectivity index (χ3v) is 1.40. The van der Waals surface area contributed by atoms with Crippen LogP contribution in [0, 0.1) is 0 Å². The van der Waals surface area contributed by atoms with Gasteiger partial charge in [-0.3, -0.25) is 5.32 Å². The van der Waals surface area contributed by atoms with E-state index in [2.05, 4.69) is 11.1 Å². The highest BCUT2D eigenvalue weighted by Gasteiger charge is 2.06. The number of hydrogen-bond acceptors (Lipinski definition) is 1. The van der Waals surface area contributed by atoms with Crippen molar-refractivity contribution >= 4 is 17.7 Å². The number of para-hydroxylation sites is 2. The molecule has 2 nitrogen and oxygen atoms in total. The van der Waals surface area contributed by atoms with Crippen LogP contribution in [0.1, 0.15) is 0 Å². The molecule has 52 valence electrons. The molecule has 0 atom stereocenters. The van der Waals surface area contributed by atoms with Gasteiger partial charge in [0.25, 0.3) is 0 Å². The second-order valence-electron chi connectivity index (χ2n) is 2.00. The van der Waals surface area contributed by atoms with E-state index in [4.69, 9.17) is 0 Å². The van der Waals surface area contributed by atoms with Gasteiger partial charge in [0, 0.05) is 6.07 Å². The molecule has 1 aliphatic heterocycles. The van der Waals surface area contributed by atoms with Gasteiger partial charge in [-0.2, -0.15) is 4.99 Å². The maximum Gasteiger partial charge on any atom is 0.192 e. The minimum atomic E-state index is 0. The molecular formula is C7H7IN2. The molecule has 1 aromatic rings. The highest BCUT2D eigenvalue weighted by atomic mass is 127. The molecule has 0 bridgehead atoms. The van der Waals surface area contributed by atoms with Crippen LogP contribution >= 0.6 is 0 Å². The monoisotopic (exact) mass is 246 g/mol. The molecule has 3 heteroatoms. The average Bonchev–Trinajstić information content (AvgIpc) is 2.33. The number of benzene rings is 1. The van der Waals surface area contributed by atoms with Crippen molar-refractivity contribution in [2.24, 2.45) is 4.99 Å². The van der Waals surface area contributed by atoms with Gasteiger partial charge in [0.15, 0.2) is 12.0 Å². The Morgan fingerprint density at radius 2 is 2.00 bits per heavy atom. The number of quaternary nitrogens is 1. The molecule has 1 heterocycles. The number of fused-ring (bicyclic) bond motifs is 1. The number of nitrogens with zero attached hydrogens (tertiary/aromatic N) is 1. The SMILES string of the molecule is C1=Nc2ccccc2[NH2+]1.[I-]. The van der Waals surface area contributed by atoms with Crippen LogP contribution in [0.25, 0.3) is 0 Å². The van der Waals surface area contributed by atoms with Crippen molar-refractivity contribution < 1.29 is 29.3 Å². The zero-order chi connectivity index (χ0) is 6.10. The summed E-state index contributed by atoms with van der Waals surface area (Å²) < 4.78 is 0. The van der Waals surface area contributed by atoms with Crippen LogP contribution in [-0.4, -0.2) is 6.34 Å². The summed E-state index contributed by atoms with van der Waals surface area (Å²) in [6.07, 6.45) is 1.82. The Labute approximate surface area is 76.4 Å². The number of hydrogen-bond donors (Lipinski definition) is 1. The van der Waals surface area contributed by atoms with E-state index in [0.29, 0.717) is 0 Å². The lowest BCUT2D eigenvalue weighted by Crippen LogP contribution is -3.00. The lowest BCUT2D eigenvalue weighted by molar-refractivity contribution is -0.427. The van der Waals surface area contributed by atoms with E-state index in [1.54, 1.807) is 0 Å². The first kappa shape index (κ1) is 7.68. The van der Waals surface area contributed by atoms with Crippen LogP contribution in [0.15, 0.2) is 29.3 Å². The number of rotatable bonds is 0. The lowest BCUT2D eigenvalue weighted by Gasteiger charge is -1.87. The van der Waals surface area contributed by atoms with Gasteiger partial charge in [-0.15, -0.1) is 0 Å². The van der Waals surface area contributed by atoms with Crippen molar-refractivity contribution in [3.05, 3.63) is 24.3 Å². The summed E-state index contributed by atoms with van der Waals surface area (Å²) in [6.45, 7) is 0. The molecule has 2 rings (SSSR count). The molecular weight excluding hydrogens is 239 g/mol. The maximum absolute atomic E-state index is 4.12. The summed E-state index contributed by atoms with van der Waals surface area (Å²) in [5.41, 5.74) is 2.30. The van der Waals surface area contributed by atoms with Crippen LogP contribution in [-0.2, 0) is 0 Å². The first-order valence-corrected chi connectivity index (χ1v) is 2.93. The fraction of sp³-hybridized carbons (Fsp3) is 0. The maximum atomic E-state index is 4.12. The molecule has 2 N–H and O–H groups in total. The second kappa shape index (κ2) is 3.12. The first-order valence-electron chi connectivity index (χ1n) is 2.93. The highest BCUT2D eigenvalue weighted by Crippen LogP contribution is 2.20. The van der Waals surface area contributed by atoms with E-state index in [-0.39, 0.29) is 24.0 Å². The minimum absolute atomic E-state index is 0. The van der Waals surface area contributed by atoms with E-state index >= 15 is 0 Å². The fourth-order valence-corrected chi connectivity index (χ4v) is 0.944. The predicted octanol–water partition coefficient (Wildman–Crippen LogP) is -2.44. The molecule has 0 spiro atoms. The zero-order valence-corrected chi connectivity index (χ0v) is 7.45. The van der Waals surface area contributed by atoms with Gasteiger partial charge in [-0.1, -0.05) is 12.1 Å². The Morgan fingerprint density at radius 3 is 2.80 bits per heavy atom. The Hall–Kier alpha value is -0.420. The van der Waals surface area contributed by atoms with Crippen molar-refractivity contribution in [3.8, 4) is 0 Å². The van der Waals surface area contributed by atoms with Gasteiger partial charge in [0.1, 0.15) is 5.69 Å². The molecule has 0 radical (unpaired) electrons. The van der Waals surface area contributed by atoms with Crippen molar-refractivity contribution in [1.29, 1.82) is 0 Å². The third-order valence-electron chi connectivity index (χ3n) is 1.40. The van der Waals surface area contributed by atoms with Crippen LogP contribution in [0.2, 0.25) is 0 Å². The van der Waals surface area contributed by atoms with Gasteiger partial charge in [0.05, 0.1) is 0 Å². The summed E-state index contributed by atoms with van der Waals surface area (Å²) in [5, 5.41) is 2.01. The lowest BCUT2D eigenvalue weighted by atomic mass is 10.3. The van der Waals surface area contributed by atoms with Gasteiger partial charge < -0.3 is 24.0 Å². The summed E-state index contributed by atoms with van der Waals surface area (Å²) in [5.74, 6) is 0. The molecule has 0 saturated carbocycles. The van der Waals surface area contributed by atoms with Crippen molar-refractivity contribution in [1.82, 2.24) is 0 Å². The summed E-state index contributed by atoms with van der Waals surface area (Å²) in [4.78, 5) is 4.12. The number of aliphatic imine (C=N–C) groups is 1. The summed E-state index contributed by atoms with van der Waals surface area (Å²) in [7, 11) is 0. The van der Waals surface area contributed by atoms with E-state index in [1.807, 2.05) is 29.9 Å². The zero-order valence-electron chi connectivity index (χ0n) is 5.29. The molecule has 1 aromatic carbocycles.